The van der Waals surface area contributed by atoms with E-state index in [1.54, 1.807) is 0 Å². The van der Waals surface area contributed by atoms with Gasteiger partial charge in [0.25, 0.3) is 0 Å². The topological polar surface area (TPSA) is 76.4 Å². The summed E-state index contributed by atoms with van der Waals surface area (Å²) < 4.78 is 5.38. The molecule has 6 heteroatoms. The fourth-order valence-electron chi connectivity index (χ4n) is 1.92. The Morgan fingerprint density at radius 3 is 2.88 bits per heavy atom. The molecule has 17 heavy (non-hydrogen) atoms. The number of thiocarbonyl (C=S) groups is 1. The van der Waals surface area contributed by atoms with Gasteiger partial charge in [-0.2, -0.15) is 0 Å². The molecule has 0 spiro atoms. The van der Waals surface area contributed by atoms with E-state index in [1.165, 1.54) is 0 Å². The van der Waals surface area contributed by atoms with Crippen LogP contribution in [0.1, 0.15) is 33.1 Å². The van der Waals surface area contributed by atoms with Crippen LogP contribution < -0.4 is 16.6 Å². The number of cyclic esters (lactones) is 1. The summed E-state index contributed by atoms with van der Waals surface area (Å²) in [7, 11) is 0. The highest BCUT2D eigenvalue weighted by molar-refractivity contribution is 7.80. The Morgan fingerprint density at radius 1 is 1.71 bits per heavy atom. The van der Waals surface area contributed by atoms with E-state index in [1.807, 2.05) is 13.8 Å². The first-order chi connectivity index (χ1) is 7.89. The molecule has 0 aromatic carbocycles. The minimum Gasteiger partial charge on any atom is -0.453 e. The Kier molecular flexibility index (Phi) is 4.34. The summed E-state index contributed by atoms with van der Waals surface area (Å²) in [6.07, 6.45) is 2.43. The van der Waals surface area contributed by atoms with Crippen LogP contribution in [0.5, 0.6) is 0 Å². The first-order valence-corrected chi connectivity index (χ1v) is 6.03. The third-order valence-corrected chi connectivity index (χ3v) is 3.01. The summed E-state index contributed by atoms with van der Waals surface area (Å²) in [6, 6.07) is 0. The Labute approximate surface area is 107 Å². The Morgan fingerprint density at radius 2 is 2.35 bits per heavy atom. The van der Waals surface area contributed by atoms with Gasteiger partial charge >= 0.3 is 5.97 Å². The number of carbonyl (C=O) groups is 1. The van der Waals surface area contributed by atoms with Crippen molar-refractivity contribution in [2.45, 2.75) is 38.7 Å². The van der Waals surface area contributed by atoms with Gasteiger partial charge in [-0.15, -0.1) is 0 Å². The van der Waals surface area contributed by atoms with Gasteiger partial charge in [0, 0.05) is 6.42 Å². The minimum absolute atomic E-state index is 0.0478. The molecule has 1 heterocycles. The summed E-state index contributed by atoms with van der Waals surface area (Å²) in [6.45, 7) is 7.72. The van der Waals surface area contributed by atoms with E-state index in [0.29, 0.717) is 12.1 Å². The van der Waals surface area contributed by atoms with E-state index in [0.717, 1.165) is 12.8 Å². The number of carbonyl (C=O) groups excluding carboxylic acids is 1. The third kappa shape index (κ3) is 3.33. The SMILES string of the molecule is C=C(NNC(N)=S)C1(C)CC(CCC)C(=O)O1. The average Bonchev–Trinajstić information content (AvgIpc) is 2.52. The molecule has 0 aromatic rings. The van der Waals surface area contributed by atoms with Crippen LogP contribution in [0.15, 0.2) is 12.3 Å². The van der Waals surface area contributed by atoms with Crippen LogP contribution in [0.4, 0.5) is 0 Å². The summed E-state index contributed by atoms with van der Waals surface area (Å²) >= 11 is 4.67. The van der Waals surface area contributed by atoms with Crippen LogP contribution >= 0.6 is 12.2 Å². The fourth-order valence-corrected chi connectivity index (χ4v) is 1.97. The maximum Gasteiger partial charge on any atom is 0.310 e. The number of rotatable bonds is 5. The van der Waals surface area contributed by atoms with Gasteiger partial charge in [0.2, 0.25) is 0 Å². The fraction of sp³-hybridized carbons (Fsp3) is 0.636. The van der Waals surface area contributed by atoms with E-state index in [4.69, 9.17) is 10.5 Å². The van der Waals surface area contributed by atoms with Crippen molar-refractivity contribution in [1.29, 1.82) is 0 Å². The molecule has 0 radical (unpaired) electrons. The van der Waals surface area contributed by atoms with Crippen molar-refractivity contribution in [2.75, 3.05) is 0 Å². The Balaban J connectivity index is 2.61. The highest BCUT2D eigenvalue weighted by Gasteiger charge is 2.44. The normalized spacial score (nSPS) is 27.4. The van der Waals surface area contributed by atoms with Gasteiger partial charge < -0.3 is 10.5 Å². The van der Waals surface area contributed by atoms with E-state index in [-0.39, 0.29) is 17.0 Å². The second-order valence-electron chi connectivity index (χ2n) is 4.43. The van der Waals surface area contributed by atoms with Gasteiger partial charge in [-0.25, -0.2) is 0 Å². The van der Waals surface area contributed by atoms with E-state index in [2.05, 4.69) is 29.6 Å². The first-order valence-electron chi connectivity index (χ1n) is 5.62. The second kappa shape index (κ2) is 5.35. The van der Waals surface area contributed by atoms with Crippen LogP contribution in [0.3, 0.4) is 0 Å². The highest BCUT2D eigenvalue weighted by atomic mass is 32.1. The number of nitrogens with two attached hydrogens (primary N) is 1. The molecule has 2 unspecified atom stereocenters. The van der Waals surface area contributed by atoms with Crippen molar-refractivity contribution < 1.29 is 9.53 Å². The lowest BCUT2D eigenvalue weighted by molar-refractivity contribution is -0.147. The van der Waals surface area contributed by atoms with Crippen LogP contribution in [-0.4, -0.2) is 16.7 Å². The number of hydrogen-bond acceptors (Lipinski definition) is 4. The van der Waals surface area contributed by atoms with Gasteiger partial charge in [0.15, 0.2) is 10.7 Å². The Bertz CT molecular complexity index is 346. The molecular formula is C11H19N3O2S. The number of esters is 1. The largest absolute Gasteiger partial charge is 0.453 e. The lowest BCUT2D eigenvalue weighted by Crippen LogP contribution is -2.46. The van der Waals surface area contributed by atoms with E-state index < -0.39 is 5.60 Å². The van der Waals surface area contributed by atoms with Crippen molar-refractivity contribution in [3.63, 3.8) is 0 Å². The predicted octanol–water partition coefficient (Wildman–Crippen LogP) is 0.960. The van der Waals surface area contributed by atoms with E-state index >= 15 is 0 Å². The van der Waals surface area contributed by atoms with Crippen molar-refractivity contribution in [1.82, 2.24) is 10.9 Å². The first kappa shape index (κ1) is 13.8. The lowest BCUT2D eigenvalue weighted by Gasteiger charge is -2.26. The summed E-state index contributed by atoms with van der Waals surface area (Å²) in [5.41, 5.74) is 10.5. The van der Waals surface area contributed by atoms with Gasteiger partial charge in [0.05, 0.1) is 11.6 Å². The standard InChI is InChI=1S/C11H19N3O2S/c1-4-5-8-6-11(3,16-9(8)15)7(2)13-14-10(12)17/h8,13H,2,4-6H2,1,3H3,(H3,12,14,17). The zero-order valence-electron chi connectivity index (χ0n) is 10.2. The van der Waals surface area contributed by atoms with Gasteiger partial charge in [0.1, 0.15) is 0 Å². The van der Waals surface area contributed by atoms with Gasteiger partial charge in [-0.3, -0.25) is 15.6 Å². The molecule has 0 bridgehead atoms. The lowest BCUT2D eigenvalue weighted by atomic mass is 9.91. The molecule has 1 aliphatic heterocycles. The van der Waals surface area contributed by atoms with Crippen molar-refractivity contribution in [2.24, 2.45) is 11.7 Å². The number of hydrazine groups is 1. The van der Waals surface area contributed by atoms with Crippen LogP contribution in [0, 0.1) is 5.92 Å². The second-order valence-corrected chi connectivity index (χ2v) is 4.87. The molecule has 1 rings (SSSR count). The third-order valence-electron chi connectivity index (χ3n) is 2.91. The van der Waals surface area contributed by atoms with Crippen molar-refractivity contribution in [3.8, 4) is 0 Å². The summed E-state index contributed by atoms with van der Waals surface area (Å²) in [5, 5.41) is 0.115. The molecule has 96 valence electrons. The molecule has 0 aliphatic carbocycles. The maximum absolute atomic E-state index is 11.7. The number of nitrogens with one attached hydrogen (secondary N) is 2. The highest BCUT2D eigenvalue weighted by Crippen LogP contribution is 2.36. The molecule has 5 nitrogen and oxygen atoms in total. The molecule has 1 saturated heterocycles. The molecule has 2 atom stereocenters. The monoisotopic (exact) mass is 257 g/mol. The minimum atomic E-state index is -0.700. The van der Waals surface area contributed by atoms with Gasteiger partial charge in [-0.05, 0) is 25.6 Å². The number of hydrogen-bond donors (Lipinski definition) is 3. The van der Waals surface area contributed by atoms with Crippen LogP contribution in [0.25, 0.3) is 0 Å². The molecule has 0 aromatic heterocycles. The van der Waals surface area contributed by atoms with Crippen LogP contribution in [-0.2, 0) is 9.53 Å². The molecule has 0 saturated carbocycles. The van der Waals surface area contributed by atoms with Crippen LogP contribution in [0.2, 0.25) is 0 Å². The smallest absolute Gasteiger partial charge is 0.310 e. The van der Waals surface area contributed by atoms with Gasteiger partial charge in [-0.1, -0.05) is 19.9 Å². The molecule has 0 amide bonds. The molecule has 4 N–H and O–H groups in total. The zero-order valence-corrected chi connectivity index (χ0v) is 11.0. The summed E-state index contributed by atoms with van der Waals surface area (Å²) in [4.78, 5) is 11.7. The number of ether oxygens (including phenoxy) is 1. The quantitative estimate of drug-likeness (QED) is 0.387. The summed E-state index contributed by atoms with van der Waals surface area (Å²) in [5.74, 6) is -0.207. The Hall–Kier alpha value is -1.30. The average molecular weight is 257 g/mol. The molecule has 1 fully saturated rings. The predicted molar refractivity (Wildman–Crippen MR) is 69.7 cm³/mol. The van der Waals surface area contributed by atoms with Crippen molar-refractivity contribution in [3.05, 3.63) is 12.3 Å². The van der Waals surface area contributed by atoms with E-state index in [9.17, 15) is 4.79 Å². The molecule has 1 aliphatic rings. The van der Waals surface area contributed by atoms with Crippen molar-refractivity contribution >= 4 is 23.3 Å². The molecular weight excluding hydrogens is 238 g/mol. The zero-order chi connectivity index (χ0) is 13.1. The maximum atomic E-state index is 11.7.